The number of carbonyl (C=O) groups is 1. The molecule has 0 unspecified atom stereocenters. The number of alkyl halides is 3. The number of pyridine rings is 1. The largest absolute Gasteiger partial charge is 0.490 e. The van der Waals surface area contributed by atoms with Gasteiger partial charge in [0.2, 0.25) is 5.60 Å². The number of fused-ring (bicyclic) bond motifs is 1. The van der Waals surface area contributed by atoms with Gasteiger partial charge < -0.3 is 25.0 Å². The van der Waals surface area contributed by atoms with Crippen molar-refractivity contribution < 1.29 is 42.0 Å². The summed E-state index contributed by atoms with van der Waals surface area (Å²) in [6.07, 6.45) is -5.54. The average Bonchev–Trinajstić information content (AvgIpc) is 3.43. The fraction of sp³-hybridized carbons (Fsp3) is 0.520. The lowest BCUT2D eigenvalue weighted by Crippen LogP contribution is -2.52. The molecular formula is C25H28F4N2O5. The minimum Gasteiger partial charge on any atom is -0.490 e. The van der Waals surface area contributed by atoms with Crippen molar-refractivity contribution in [3.8, 4) is 17.0 Å². The highest BCUT2D eigenvalue weighted by Crippen LogP contribution is 2.58. The molecule has 4 rings (SSSR count). The molecule has 7 nitrogen and oxygen atoms in total. The predicted molar refractivity (Wildman–Crippen MR) is 121 cm³/mol. The lowest BCUT2D eigenvalue weighted by Gasteiger charge is -2.33. The van der Waals surface area contributed by atoms with Crippen LogP contribution < -0.4 is 10.1 Å². The molecule has 0 radical (unpaired) electrons. The van der Waals surface area contributed by atoms with Gasteiger partial charge in [0, 0.05) is 11.1 Å². The van der Waals surface area contributed by atoms with E-state index in [9.17, 15) is 32.6 Å². The van der Waals surface area contributed by atoms with Crippen molar-refractivity contribution in [3.63, 3.8) is 0 Å². The van der Waals surface area contributed by atoms with Crippen LogP contribution in [0.1, 0.15) is 51.8 Å². The van der Waals surface area contributed by atoms with Crippen LogP contribution in [0.4, 0.5) is 22.4 Å². The van der Waals surface area contributed by atoms with Crippen LogP contribution in [-0.4, -0.2) is 51.8 Å². The number of aromatic nitrogens is 1. The van der Waals surface area contributed by atoms with Crippen LogP contribution in [0.25, 0.3) is 11.3 Å². The summed E-state index contributed by atoms with van der Waals surface area (Å²) in [6, 6.07) is 5.98. The Hall–Kier alpha value is -2.92. The van der Waals surface area contributed by atoms with Gasteiger partial charge in [0.25, 0.3) is 0 Å². The van der Waals surface area contributed by atoms with E-state index in [4.69, 9.17) is 9.47 Å². The zero-order valence-electron chi connectivity index (χ0n) is 20.3. The molecule has 11 heteroatoms. The fourth-order valence-electron chi connectivity index (χ4n) is 4.30. The number of nitrogens with zero attached hydrogens (tertiary/aromatic N) is 1. The molecule has 0 bridgehead atoms. The second kappa shape index (κ2) is 8.31. The molecule has 2 heterocycles. The second-order valence-corrected chi connectivity index (χ2v) is 10.6. The fourth-order valence-corrected chi connectivity index (χ4v) is 4.30. The first kappa shape index (κ1) is 26.2. The first-order valence-electron chi connectivity index (χ1n) is 11.4. The molecule has 1 aromatic carbocycles. The zero-order chi connectivity index (χ0) is 26.7. The number of rotatable bonds is 5. The van der Waals surface area contributed by atoms with Crippen molar-refractivity contribution in [1.29, 1.82) is 0 Å². The van der Waals surface area contributed by atoms with E-state index in [1.165, 1.54) is 12.1 Å². The molecule has 1 saturated carbocycles. The normalized spacial score (nSPS) is 22.3. The quantitative estimate of drug-likeness (QED) is 0.516. The molecule has 0 spiro atoms. The molecule has 1 aliphatic carbocycles. The molecule has 1 fully saturated rings. The van der Waals surface area contributed by atoms with Crippen LogP contribution in [0, 0.1) is 5.82 Å². The number of hydrogen-bond acceptors (Lipinski definition) is 6. The monoisotopic (exact) mass is 512 g/mol. The van der Waals surface area contributed by atoms with Crippen molar-refractivity contribution in [2.45, 2.75) is 68.9 Å². The number of ether oxygens (including phenoxy) is 2. The summed E-state index contributed by atoms with van der Waals surface area (Å²) in [6.45, 7) is 5.02. The van der Waals surface area contributed by atoms with Gasteiger partial charge in [-0.1, -0.05) is 0 Å². The van der Waals surface area contributed by atoms with E-state index in [1.54, 1.807) is 27.7 Å². The number of amides is 1. The van der Waals surface area contributed by atoms with Crippen LogP contribution >= 0.6 is 0 Å². The third-order valence-electron chi connectivity index (χ3n) is 6.72. The van der Waals surface area contributed by atoms with Gasteiger partial charge in [0.15, 0.2) is 0 Å². The van der Waals surface area contributed by atoms with E-state index in [-0.39, 0.29) is 29.2 Å². The molecule has 2 atom stereocenters. The zero-order valence-corrected chi connectivity index (χ0v) is 20.3. The summed E-state index contributed by atoms with van der Waals surface area (Å²) in [5, 5.41) is 23.9. The SMILES string of the molecule is CC(C)(C)OC(=O)NC[C@](O)(c1cc2c(c(-c3ccc(F)cc3)n1)OC[C@]2(C)C1(O)CC1)C(F)(F)F. The topological polar surface area (TPSA) is 101 Å². The predicted octanol–water partition coefficient (Wildman–Crippen LogP) is 4.34. The molecule has 1 aromatic heterocycles. The summed E-state index contributed by atoms with van der Waals surface area (Å²) < 4.78 is 67.4. The van der Waals surface area contributed by atoms with Crippen molar-refractivity contribution >= 4 is 6.09 Å². The molecule has 1 aliphatic heterocycles. The van der Waals surface area contributed by atoms with Gasteiger partial charge in [-0.05, 0) is 70.9 Å². The van der Waals surface area contributed by atoms with Crippen molar-refractivity contribution in [1.82, 2.24) is 10.3 Å². The number of nitrogens with one attached hydrogen (secondary N) is 1. The number of benzene rings is 1. The van der Waals surface area contributed by atoms with E-state index in [1.807, 2.05) is 5.32 Å². The third kappa shape index (κ3) is 4.50. The van der Waals surface area contributed by atoms with Crippen LogP contribution in [0.3, 0.4) is 0 Å². The Morgan fingerprint density at radius 2 is 1.81 bits per heavy atom. The minimum atomic E-state index is -5.25. The molecule has 1 amide bonds. The van der Waals surface area contributed by atoms with Gasteiger partial charge in [0.05, 0.1) is 23.3 Å². The maximum Gasteiger partial charge on any atom is 0.424 e. The van der Waals surface area contributed by atoms with Gasteiger partial charge in [-0.2, -0.15) is 13.2 Å². The maximum atomic E-state index is 14.3. The highest BCUT2D eigenvalue weighted by Gasteiger charge is 2.62. The number of alkyl carbamates (subject to hydrolysis) is 1. The Kier molecular flexibility index (Phi) is 6.03. The number of carbonyl (C=O) groups excluding carboxylic acids is 1. The lowest BCUT2D eigenvalue weighted by atomic mass is 9.76. The summed E-state index contributed by atoms with van der Waals surface area (Å²) in [5.74, 6) is -0.407. The van der Waals surface area contributed by atoms with Gasteiger partial charge in [-0.15, -0.1) is 0 Å². The van der Waals surface area contributed by atoms with Crippen molar-refractivity contribution in [3.05, 3.63) is 47.4 Å². The highest BCUT2D eigenvalue weighted by atomic mass is 19.4. The van der Waals surface area contributed by atoms with E-state index in [0.29, 0.717) is 12.8 Å². The molecule has 2 aromatic rings. The molecule has 196 valence electrons. The third-order valence-corrected chi connectivity index (χ3v) is 6.72. The lowest BCUT2D eigenvalue weighted by molar-refractivity contribution is -0.265. The van der Waals surface area contributed by atoms with Crippen molar-refractivity contribution in [2.24, 2.45) is 0 Å². The average molecular weight is 513 g/mol. The number of halogens is 4. The summed E-state index contributed by atoms with van der Waals surface area (Å²) >= 11 is 0. The smallest absolute Gasteiger partial charge is 0.424 e. The summed E-state index contributed by atoms with van der Waals surface area (Å²) in [5.41, 5.74) is -7.19. The Morgan fingerprint density at radius 1 is 1.19 bits per heavy atom. The van der Waals surface area contributed by atoms with E-state index >= 15 is 0 Å². The molecule has 2 aliphatic rings. The highest BCUT2D eigenvalue weighted by molar-refractivity contribution is 5.72. The van der Waals surface area contributed by atoms with Gasteiger partial charge in [0.1, 0.15) is 29.5 Å². The van der Waals surface area contributed by atoms with Crippen LogP contribution in [0.5, 0.6) is 5.75 Å². The van der Waals surface area contributed by atoms with Gasteiger partial charge in [-0.3, -0.25) is 0 Å². The summed E-state index contributed by atoms with van der Waals surface area (Å²) in [7, 11) is 0. The van der Waals surface area contributed by atoms with E-state index in [2.05, 4.69) is 4.98 Å². The number of hydrogen-bond donors (Lipinski definition) is 3. The van der Waals surface area contributed by atoms with E-state index < -0.39 is 52.5 Å². The molecule has 0 saturated heterocycles. The molecular weight excluding hydrogens is 484 g/mol. The Morgan fingerprint density at radius 3 is 2.33 bits per heavy atom. The minimum absolute atomic E-state index is 0.0151. The summed E-state index contributed by atoms with van der Waals surface area (Å²) in [4.78, 5) is 16.2. The Balaban J connectivity index is 1.85. The van der Waals surface area contributed by atoms with Gasteiger partial charge in [-0.25, -0.2) is 14.2 Å². The van der Waals surface area contributed by atoms with Crippen LogP contribution in [-0.2, 0) is 15.8 Å². The molecule has 3 N–H and O–H groups in total. The maximum absolute atomic E-state index is 14.3. The van der Waals surface area contributed by atoms with E-state index in [0.717, 1.165) is 18.2 Å². The van der Waals surface area contributed by atoms with Gasteiger partial charge >= 0.3 is 12.3 Å². The first-order chi connectivity index (χ1) is 16.5. The molecule has 36 heavy (non-hydrogen) atoms. The standard InChI is InChI=1S/C25H28F4N2O5/c1-21(2,3)36-20(32)30-12-24(34,25(27,28)29)17-11-16-19(35-13-22(16,4)23(33)9-10-23)18(31-17)14-5-7-15(26)8-6-14/h5-8,11,33-34H,9-10,12-13H2,1-4H3,(H,30,32)/t22-,24-/m0/s1. The van der Waals surface area contributed by atoms with Crippen molar-refractivity contribution in [2.75, 3.05) is 13.2 Å². The number of aliphatic hydroxyl groups is 2. The van der Waals surface area contributed by atoms with Crippen LogP contribution in [0.15, 0.2) is 30.3 Å². The van der Waals surface area contributed by atoms with Crippen LogP contribution in [0.2, 0.25) is 0 Å². The Labute approximate surface area is 205 Å². The first-order valence-corrected chi connectivity index (χ1v) is 11.4. The Bertz CT molecular complexity index is 1170. The second-order valence-electron chi connectivity index (χ2n) is 10.6.